The van der Waals surface area contributed by atoms with Crippen LogP contribution in [0, 0.1) is 17.3 Å². The number of tetrazole rings is 1. The molecule has 0 radical (unpaired) electrons. The summed E-state index contributed by atoms with van der Waals surface area (Å²) in [6.45, 7) is 0.445. The first-order valence-corrected chi connectivity index (χ1v) is 7.21. The van der Waals surface area contributed by atoms with Gasteiger partial charge in [0.15, 0.2) is 5.82 Å². The molecule has 6 nitrogen and oxygen atoms in total. The van der Waals surface area contributed by atoms with Gasteiger partial charge in [-0.3, -0.25) is 4.79 Å². The third-order valence-electron chi connectivity index (χ3n) is 5.48. The molecule has 0 saturated heterocycles. The van der Waals surface area contributed by atoms with E-state index in [2.05, 4.69) is 15.5 Å². The van der Waals surface area contributed by atoms with Crippen LogP contribution < -0.4 is 0 Å². The number of fused-ring (bicyclic) bond motifs is 1. The molecule has 0 aliphatic heterocycles. The number of hydrogen-bond acceptors (Lipinski definition) is 4. The molecule has 2 unspecified atom stereocenters. The van der Waals surface area contributed by atoms with Crippen molar-refractivity contribution in [3.8, 4) is 0 Å². The van der Waals surface area contributed by atoms with Gasteiger partial charge in [0.25, 0.3) is 0 Å². The van der Waals surface area contributed by atoms with E-state index < -0.39 is 11.4 Å². The van der Waals surface area contributed by atoms with Gasteiger partial charge in [-0.15, -0.1) is 5.10 Å². The van der Waals surface area contributed by atoms with Crippen LogP contribution in [0.25, 0.3) is 0 Å². The number of carboxylic acids is 1. The Hall–Kier alpha value is -1.46. The SMILES string of the molecule is O=C(O)C1(Cn2nnnc2C2C3CCCC32)CCC1. The monoisotopic (exact) mass is 262 g/mol. The number of aliphatic carboxylic acids is 1. The lowest BCUT2D eigenvalue weighted by Crippen LogP contribution is -2.42. The predicted octanol–water partition coefficient (Wildman–Crippen LogP) is 1.44. The van der Waals surface area contributed by atoms with Crippen molar-refractivity contribution in [1.29, 1.82) is 0 Å². The Kier molecular flexibility index (Phi) is 2.26. The van der Waals surface area contributed by atoms with Crippen molar-refractivity contribution in [3.05, 3.63) is 5.82 Å². The van der Waals surface area contributed by atoms with Gasteiger partial charge in [-0.05, 0) is 47.9 Å². The fourth-order valence-corrected chi connectivity index (χ4v) is 4.10. The van der Waals surface area contributed by atoms with Gasteiger partial charge < -0.3 is 5.11 Å². The Morgan fingerprint density at radius 1 is 1.32 bits per heavy atom. The highest BCUT2D eigenvalue weighted by molar-refractivity contribution is 5.75. The number of carbonyl (C=O) groups is 1. The summed E-state index contributed by atoms with van der Waals surface area (Å²) in [5, 5.41) is 21.4. The number of carboxylic acid groups (broad SMARTS) is 1. The zero-order valence-electron chi connectivity index (χ0n) is 10.8. The summed E-state index contributed by atoms with van der Waals surface area (Å²) in [4.78, 5) is 11.4. The summed E-state index contributed by atoms with van der Waals surface area (Å²) < 4.78 is 1.77. The molecular weight excluding hydrogens is 244 g/mol. The van der Waals surface area contributed by atoms with Gasteiger partial charge in [0.1, 0.15) is 0 Å². The molecule has 3 aliphatic rings. The Bertz CT molecular complexity index is 512. The van der Waals surface area contributed by atoms with E-state index in [1.807, 2.05) is 0 Å². The number of nitrogens with zero attached hydrogens (tertiary/aromatic N) is 4. The third kappa shape index (κ3) is 1.55. The molecule has 2 atom stereocenters. The molecule has 3 saturated carbocycles. The van der Waals surface area contributed by atoms with Crippen LogP contribution in [-0.4, -0.2) is 31.3 Å². The third-order valence-corrected chi connectivity index (χ3v) is 5.48. The van der Waals surface area contributed by atoms with E-state index in [1.54, 1.807) is 4.68 Å². The molecule has 19 heavy (non-hydrogen) atoms. The lowest BCUT2D eigenvalue weighted by Gasteiger charge is -2.37. The van der Waals surface area contributed by atoms with Crippen molar-refractivity contribution >= 4 is 5.97 Å². The van der Waals surface area contributed by atoms with Crippen molar-refractivity contribution in [3.63, 3.8) is 0 Å². The predicted molar refractivity (Wildman–Crippen MR) is 65.3 cm³/mol. The van der Waals surface area contributed by atoms with Crippen LogP contribution >= 0.6 is 0 Å². The standard InChI is InChI=1S/C13H18N4O2/c18-12(19)13(5-2-6-13)7-17-11(14-15-16-17)10-8-3-1-4-9(8)10/h8-10H,1-7H2,(H,18,19). The highest BCUT2D eigenvalue weighted by Crippen LogP contribution is 2.62. The van der Waals surface area contributed by atoms with Crippen molar-refractivity contribution in [2.45, 2.75) is 51.0 Å². The molecule has 1 N–H and O–H groups in total. The first kappa shape index (κ1) is 11.4. The van der Waals surface area contributed by atoms with Gasteiger partial charge in [0.2, 0.25) is 0 Å². The summed E-state index contributed by atoms with van der Waals surface area (Å²) in [6, 6.07) is 0. The van der Waals surface area contributed by atoms with Crippen LogP contribution in [0.15, 0.2) is 0 Å². The average Bonchev–Trinajstić information content (AvgIpc) is 2.76. The van der Waals surface area contributed by atoms with Crippen molar-refractivity contribution in [2.24, 2.45) is 17.3 Å². The summed E-state index contributed by atoms with van der Waals surface area (Å²) in [6.07, 6.45) is 6.39. The Morgan fingerprint density at radius 2 is 2.05 bits per heavy atom. The first-order chi connectivity index (χ1) is 9.21. The van der Waals surface area contributed by atoms with Gasteiger partial charge in [0, 0.05) is 5.92 Å². The fraction of sp³-hybridized carbons (Fsp3) is 0.846. The van der Waals surface area contributed by atoms with E-state index in [0.29, 0.717) is 12.5 Å². The number of aromatic nitrogens is 4. The molecular formula is C13H18N4O2. The Morgan fingerprint density at radius 3 is 2.63 bits per heavy atom. The molecule has 1 aromatic heterocycles. The molecule has 102 valence electrons. The van der Waals surface area contributed by atoms with E-state index in [1.165, 1.54) is 19.3 Å². The maximum Gasteiger partial charge on any atom is 0.311 e. The minimum atomic E-state index is -0.698. The first-order valence-electron chi connectivity index (χ1n) is 7.21. The van der Waals surface area contributed by atoms with E-state index in [0.717, 1.165) is 36.9 Å². The summed E-state index contributed by atoms with van der Waals surface area (Å²) >= 11 is 0. The second-order valence-electron chi connectivity index (χ2n) is 6.42. The lowest BCUT2D eigenvalue weighted by molar-refractivity contribution is -0.156. The molecule has 1 heterocycles. The molecule has 4 rings (SSSR count). The van der Waals surface area contributed by atoms with Gasteiger partial charge in [-0.25, -0.2) is 4.68 Å². The van der Waals surface area contributed by atoms with Gasteiger partial charge in [-0.1, -0.05) is 12.8 Å². The Balaban J connectivity index is 1.56. The maximum absolute atomic E-state index is 11.4. The minimum absolute atomic E-state index is 0.445. The normalized spacial score (nSPS) is 34.6. The molecule has 0 amide bonds. The molecule has 6 heteroatoms. The summed E-state index contributed by atoms with van der Waals surface area (Å²) in [5.41, 5.74) is -0.617. The summed E-state index contributed by atoms with van der Waals surface area (Å²) in [5.74, 6) is 2.24. The molecule has 3 aliphatic carbocycles. The van der Waals surface area contributed by atoms with Crippen molar-refractivity contribution in [1.82, 2.24) is 20.2 Å². The van der Waals surface area contributed by atoms with Crippen molar-refractivity contribution < 1.29 is 9.90 Å². The highest BCUT2D eigenvalue weighted by atomic mass is 16.4. The van der Waals surface area contributed by atoms with Crippen LogP contribution in [0.2, 0.25) is 0 Å². The second kappa shape index (κ2) is 3.77. The molecule has 1 aromatic rings. The van der Waals surface area contributed by atoms with E-state index in [9.17, 15) is 9.90 Å². The smallest absolute Gasteiger partial charge is 0.311 e. The fourth-order valence-electron chi connectivity index (χ4n) is 4.10. The zero-order valence-corrected chi connectivity index (χ0v) is 10.8. The summed E-state index contributed by atoms with van der Waals surface area (Å²) in [7, 11) is 0. The second-order valence-corrected chi connectivity index (χ2v) is 6.42. The molecule has 0 aromatic carbocycles. The Labute approximate surface area is 111 Å². The van der Waals surface area contributed by atoms with Crippen LogP contribution in [0.3, 0.4) is 0 Å². The number of hydrogen-bond donors (Lipinski definition) is 1. The van der Waals surface area contributed by atoms with E-state index in [-0.39, 0.29) is 0 Å². The minimum Gasteiger partial charge on any atom is -0.481 e. The van der Waals surface area contributed by atoms with E-state index in [4.69, 9.17) is 0 Å². The van der Waals surface area contributed by atoms with Crippen LogP contribution in [0.1, 0.15) is 50.3 Å². The largest absolute Gasteiger partial charge is 0.481 e. The molecule has 0 bridgehead atoms. The van der Waals surface area contributed by atoms with E-state index >= 15 is 0 Å². The van der Waals surface area contributed by atoms with Gasteiger partial charge in [-0.2, -0.15) is 0 Å². The average molecular weight is 262 g/mol. The zero-order chi connectivity index (χ0) is 13.0. The highest BCUT2D eigenvalue weighted by Gasteiger charge is 2.56. The lowest BCUT2D eigenvalue weighted by atomic mass is 9.69. The molecule has 3 fully saturated rings. The van der Waals surface area contributed by atoms with Gasteiger partial charge in [0.05, 0.1) is 12.0 Å². The maximum atomic E-state index is 11.4. The topological polar surface area (TPSA) is 80.9 Å². The number of rotatable bonds is 4. The quantitative estimate of drug-likeness (QED) is 0.888. The van der Waals surface area contributed by atoms with Crippen LogP contribution in [0.5, 0.6) is 0 Å². The van der Waals surface area contributed by atoms with Crippen LogP contribution in [0.4, 0.5) is 0 Å². The van der Waals surface area contributed by atoms with Crippen molar-refractivity contribution in [2.75, 3.05) is 0 Å². The molecule has 0 spiro atoms. The van der Waals surface area contributed by atoms with Gasteiger partial charge >= 0.3 is 5.97 Å². The van der Waals surface area contributed by atoms with Crippen LogP contribution in [-0.2, 0) is 11.3 Å².